The molecule has 33 heavy (non-hydrogen) atoms. The van der Waals surface area contributed by atoms with Crippen LogP contribution in [0.5, 0.6) is 0 Å². The Hall–Kier alpha value is -3.32. The van der Waals surface area contributed by atoms with Crippen LogP contribution in [0.3, 0.4) is 0 Å². The number of nitrogens with zero attached hydrogens (tertiary/aromatic N) is 2. The van der Waals surface area contributed by atoms with Gasteiger partial charge in [0.05, 0.1) is 10.4 Å². The number of anilines is 1. The number of pyridine rings is 1. The van der Waals surface area contributed by atoms with Crippen LogP contribution in [-0.2, 0) is 4.79 Å². The zero-order valence-electron chi connectivity index (χ0n) is 18.3. The van der Waals surface area contributed by atoms with Gasteiger partial charge in [-0.25, -0.2) is 9.37 Å². The van der Waals surface area contributed by atoms with Crippen molar-refractivity contribution in [1.29, 1.82) is 0 Å². The van der Waals surface area contributed by atoms with Gasteiger partial charge < -0.3 is 5.32 Å². The molecule has 1 N–H and O–H groups in total. The van der Waals surface area contributed by atoms with Crippen molar-refractivity contribution in [3.05, 3.63) is 70.9 Å². The molecule has 2 heterocycles. The van der Waals surface area contributed by atoms with Gasteiger partial charge in [0.1, 0.15) is 17.2 Å². The van der Waals surface area contributed by atoms with Gasteiger partial charge in [0.15, 0.2) is 0 Å². The number of carbonyl (C=O) groups excluding carboxylic acids is 2. The van der Waals surface area contributed by atoms with E-state index in [2.05, 4.69) is 5.32 Å². The first-order valence-electron chi connectivity index (χ1n) is 11.1. The van der Waals surface area contributed by atoms with Crippen LogP contribution in [0.2, 0.25) is 0 Å². The van der Waals surface area contributed by atoms with Crippen LogP contribution in [-0.4, -0.2) is 29.4 Å². The fourth-order valence-corrected chi connectivity index (χ4v) is 5.33. The molecule has 5 rings (SSSR count). The highest BCUT2D eigenvalue weighted by Gasteiger charge is 2.25. The smallest absolute Gasteiger partial charge is 0.268 e. The molecule has 2 amide bonds. The van der Waals surface area contributed by atoms with E-state index in [0.717, 1.165) is 52.4 Å². The van der Waals surface area contributed by atoms with Crippen molar-refractivity contribution >= 4 is 50.0 Å². The molecular weight excluding hydrogens is 437 g/mol. The lowest BCUT2D eigenvalue weighted by molar-refractivity contribution is -0.120. The van der Waals surface area contributed by atoms with Crippen LogP contribution in [0.4, 0.5) is 10.1 Å². The SMILES string of the molecule is Cc1ccc2cc3cc(C(=O)N(CC(=O)NC4CCCC4)c4ccc(F)cc4)sc3nc2c1. The van der Waals surface area contributed by atoms with Crippen molar-refractivity contribution in [1.82, 2.24) is 10.3 Å². The molecule has 1 aliphatic carbocycles. The van der Waals surface area contributed by atoms with E-state index in [-0.39, 0.29) is 24.4 Å². The molecule has 0 spiro atoms. The number of aromatic nitrogens is 1. The highest BCUT2D eigenvalue weighted by Crippen LogP contribution is 2.30. The predicted octanol–water partition coefficient (Wildman–Crippen LogP) is 5.60. The Balaban J connectivity index is 1.47. The molecular formula is C26H24FN3O2S. The minimum atomic E-state index is -0.394. The lowest BCUT2D eigenvalue weighted by atomic mass is 10.1. The first-order valence-corrected chi connectivity index (χ1v) is 12.0. The molecule has 2 aromatic heterocycles. The second-order valence-electron chi connectivity index (χ2n) is 8.61. The zero-order valence-corrected chi connectivity index (χ0v) is 19.1. The number of amides is 2. The molecule has 1 saturated carbocycles. The first-order chi connectivity index (χ1) is 16.0. The van der Waals surface area contributed by atoms with Crippen LogP contribution in [0.15, 0.2) is 54.6 Å². The van der Waals surface area contributed by atoms with Crippen LogP contribution in [0.25, 0.3) is 21.1 Å². The summed E-state index contributed by atoms with van der Waals surface area (Å²) in [6, 6.07) is 15.7. The summed E-state index contributed by atoms with van der Waals surface area (Å²) >= 11 is 1.30. The Morgan fingerprint density at radius 1 is 1.06 bits per heavy atom. The Morgan fingerprint density at radius 2 is 1.82 bits per heavy atom. The summed E-state index contributed by atoms with van der Waals surface area (Å²) in [6.07, 6.45) is 4.14. The molecule has 4 aromatic rings. The standard InChI is InChI=1S/C26H24FN3O2S/c1-16-6-7-17-13-18-14-23(33-25(18)29-22(17)12-16)26(32)30(21-10-8-19(27)9-11-21)15-24(31)28-20-4-2-3-5-20/h6-14,20H,2-5,15H2,1H3,(H,28,31). The summed E-state index contributed by atoms with van der Waals surface area (Å²) in [5.74, 6) is -0.902. The van der Waals surface area contributed by atoms with E-state index < -0.39 is 5.82 Å². The summed E-state index contributed by atoms with van der Waals surface area (Å²) in [5, 5.41) is 4.93. The highest BCUT2D eigenvalue weighted by atomic mass is 32.1. The number of nitrogens with one attached hydrogen (secondary N) is 1. The second-order valence-corrected chi connectivity index (χ2v) is 9.64. The summed E-state index contributed by atoms with van der Waals surface area (Å²) in [5.41, 5.74) is 2.49. The topological polar surface area (TPSA) is 62.3 Å². The number of halogens is 1. The molecule has 0 aliphatic heterocycles. The van der Waals surface area contributed by atoms with Gasteiger partial charge in [-0.2, -0.15) is 0 Å². The number of benzene rings is 2. The third kappa shape index (κ3) is 4.59. The van der Waals surface area contributed by atoms with Gasteiger partial charge in [-0.15, -0.1) is 11.3 Å². The largest absolute Gasteiger partial charge is 0.352 e. The lowest BCUT2D eigenvalue weighted by Gasteiger charge is -2.23. The number of hydrogen-bond donors (Lipinski definition) is 1. The molecule has 2 aromatic carbocycles. The molecule has 0 radical (unpaired) electrons. The van der Waals surface area contributed by atoms with Crippen molar-refractivity contribution in [2.45, 2.75) is 38.6 Å². The van der Waals surface area contributed by atoms with Crippen molar-refractivity contribution < 1.29 is 14.0 Å². The van der Waals surface area contributed by atoms with Gasteiger partial charge >= 0.3 is 0 Å². The molecule has 0 saturated heterocycles. The second kappa shape index (κ2) is 8.90. The minimum absolute atomic E-state index is 0.121. The van der Waals surface area contributed by atoms with E-state index in [1.807, 2.05) is 37.3 Å². The maximum Gasteiger partial charge on any atom is 0.268 e. The summed E-state index contributed by atoms with van der Waals surface area (Å²) in [6.45, 7) is 1.90. The van der Waals surface area contributed by atoms with Crippen LogP contribution >= 0.6 is 11.3 Å². The third-order valence-corrected chi connectivity index (χ3v) is 7.11. The fourth-order valence-electron chi connectivity index (χ4n) is 4.36. The first kappa shape index (κ1) is 21.5. The monoisotopic (exact) mass is 461 g/mol. The number of carbonyl (C=O) groups is 2. The molecule has 1 fully saturated rings. The van der Waals surface area contributed by atoms with Gasteiger partial charge in [-0.1, -0.05) is 25.0 Å². The van der Waals surface area contributed by atoms with Crippen LogP contribution < -0.4 is 10.2 Å². The van der Waals surface area contributed by atoms with E-state index in [1.54, 1.807) is 0 Å². The van der Waals surface area contributed by atoms with Gasteiger partial charge in [0, 0.05) is 22.5 Å². The van der Waals surface area contributed by atoms with Crippen molar-refractivity contribution in [2.24, 2.45) is 0 Å². The third-order valence-electron chi connectivity index (χ3n) is 6.08. The van der Waals surface area contributed by atoms with Crippen molar-refractivity contribution in [2.75, 3.05) is 11.4 Å². The van der Waals surface area contributed by atoms with E-state index in [0.29, 0.717) is 10.6 Å². The molecule has 5 nitrogen and oxygen atoms in total. The van der Waals surface area contributed by atoms with Crippen molar-refractivity contribution in [3.63, 3.8) is 0 Å². The Kier molecular flexibility index (Phi) is 5.81. The lowest BCUT2D eigenvalue weighted by Crippen LogP contribution is -2.43. The summed E-state index contributed by atoms with van der Waals surface area (Å²) in [4.78, 5) is 33.7. The average molecular weight is 462 g/mol. The summed E-state index contributed by atoms with van der Waals surface area (Å²) in [7, 11) is 0. The molecule has 7 heteroatoms. The molecule has 168 valence electrons. The normalized spacial score (nSPS) is 14.1. The van der Waals surface area contributed by atoms with Crippen LogP contribution in [0.1, 0.15) is 40.9 Å². The Morgan fingerprint density at radius 3 is 2.58 bits per heavy atom. The average Bonchev–Trinajstić information content (AvgIpc) is 3.45. The number of rotatable bonds is 5. The van der Waals surface area contributed by atoms with Crippen molar-refractivity contribution in [3.8, 4) is 0 Å². The zero-order chi connectivity index (χ0) is 22.9. The Labute approximate surface area is 195 Å². The molecule has 0 bridgehead atoms. The maximum absolute atomic E-state index is 13.6. The quantitative estimate of drug-likeness (QED) is 0.421. The molecule has 0 atom stereocenters. The van der Waals surface area contributed by atoms with Crippen LogP contribution in [0, 0.1) is 12.7 Å². The minimum Gasteiger partial charge on any atom is -0.352 e. The highest BCUT2D eigenvalue weighted by molar-refractivity contribution is 7.20. The maximum atomic E-state index is 13.6. The van der Waals surface area contributed by atoms with E-state index >= 15 is 0 Å². The number of fused-ring (bicyclic) bond motifs is 2. The van der Waals surface area contributed by atoms with Gasteiger partial charge in [-0.05, 0) is 67.8 Å². The number of thiophene rings is 1. The van der Waals surface area contributed by atoms with Gasteiger partial charge in [-0.3, -0.25) is 14.5 Å². The van der Waals surface area contributed by atoms with Gasteiger partial charge in [0.2, 0.25) is 5.91 Å². The predicted molar refractivity (Wildman–Crippen MR) is 130 cm³/mol. The number of aryl methyl sites for hydroxylation is 1. The van der Waals surface area contributed by atoms with E-state index in [1.165, 1.54) is 40.5 Å². The fraction of sp³-hybridized carbons (Fsp3) is 0.269. The van der Waals surface area contributed by atoms with Gasteiger partial charge in [0.25, 0.3) is 5.91 Å². The molecule has 0 unspecified atom stereocenters. The van der Waals surface area contributed by atoms with E-state index in [4.69, 9.17) is 4.98 Å². The summed E-state index contributed by atoms with van der Waals surface area (Å²) < 4.78 is 13.5. The Bertz CT molecular complexity index is 1340. The number of hydrogen-bond acceptors (Lipinski definition) is 4. The molecule has 1 aliphatic rings. The van der Waals surface area contributed by atoms with E-state index in [9.17, 15) is 14.0 Å².